The third kappa shape index (κ3) is 2.25. The fourth-order valence-corrected chi connectivity index (χ4v) is 1.33. The van der Waals surface area contributed by atoms with Crippen molar-refractivity contribution in [1.82, 2.24) is 0 Å². The summed E-state index contributed by atoms with van der Waals surface area (Å²) in [6.45, 7) is 0. The van der Waals surface area contributed by atoms with Crippen molar-refractivity contribution >= 4 is 17.6 Å². The second-order valence-corrected chi connectivity index (χ2v) is 3.06. The van der Waals surface area contributed by atoms with Crippen molar-refractivity contribution < 1.29 is 14.6 Å². The average molecular weight is 215 g/mol. The number of aliphatic hydroxyl groups is 1. The lowest BCUT2D eigenvalue weighted by atomic mass is 10.0. The van der Waals surface area contributed by atoms with Crippen LogP contribution in [0, 0.1) is 0 Å². The van der Waals surface area contributed by atoms with E-state index in [1.54, 1.807) is 24.3 Å². The van der Waals surface area contributed by atoms with Crippen LogP contribution in [0.4, 0.5) is 0 Å². The Morgan fingerprint density at radius 1 is 1.57 bits per heavy atom. The second kappa shape index (κ2) is 4.98. The van der Waals surface area contributed by atoms with E-state index in [4.69, 9.17) is 11.6 Å². The number of carbonyl (C=O) groups is 1. The Balaban J connectivity index is 3.09. The van der Waals surface area contributed by atoms with Crippen molar-refractivity contribution in [3.63, 3.8) is 0 Å². The lowest BCUT2D eigenvalue weighted by Gasteiger charge is -2.11. The Labute approximate surface area is 87.3 Å². The zero-order valence-corrected chi connectivity index (χ0v) is 8.49. The number of hydrogen-bond donors (Lipinski definition) is 1. The molecule has 0 bridgehead atoms. The summed E-state index contributed by atoms with van der Waals surface area (Å²) in [5, 5.41) is 9.51. The van der Waals surface area contributed by atoms with Gasteiger partial charge in [-0.25, -0.2) is 4.79 Å². The van der Waals surface area contributed by atoms with Crippen LogP contribution < -0.4 is 0 Å². The normalized spacial score (nSPS) is 12.2. The molecule has 0 aliphatic heterocycles. The van der Waals surface area contributed by atoms with Crippen molar-refractivity contribution in [2.45, 2.75) is 6.10 Å². The fourth-order valence-electron chi connectivity index (χ4n) is 1.17. The number of alkyl halides is 1. The zero-order chi connectivity index (χ0) is 10.6. The molecule has 0 aliphatic carbocycles. The highest BCUT2D eigenvalue weighted by atomic mass is 35.5. The topological polar surface area (TPSA) is 46.5 Å². The van der Waals surface area contributed by atoms with Crippen molar-refractivity contribution in [2.75, 3.05) is 13.0 Å². The predicted molar refractivity (Wildman–Crippen MR) is 53.5 cm³/mol. The molecule has 4 heteroatoms. The number of aliphatic hydroxyl groups excluding tert-OH is 1. The number of carbonyl (C=O) groups excluding carboxylic acids is 1. The summed E-state index contributed by atoms with van der Waals surface area (Å²) in [6.07, 6.45) is -0.841. The summed E-state index contributed by atoms with van der Waals surface area (Å²) in [5.41, 5.74) is 0.845. The molecule has 0 fully saturated rings. The van der Waals surface area contributed by atoms with Crippen molar-refractivity contribution in [3.8, 4) is 0 Å². The van der Waals surface area contributed by atoms with Gasteiger partial charge in [-0.2, -0.15) is 0 Å². The number of benzene rings is 1. The number of ether oxygens (including phenoxy) is 1. The Hall–Kier alpha value is -1.06. The molecule has 76 valence electrons. The van der Waals surface area contributed by atoms with Crippen LogP contribution in [0.5, 0.6) is 0 Å². The first-order valence-corrected chi connectivity index (χ1v) is 4.65. The van der Waals surface area contributed by atoms with Crippen LogP contribution >= 0.6 is 11.6 Å². The van der Waals surface area contributed by atoms with Crippen LogP contribution in [0.15, 0.2) is 24.3 Å². The molecule has 14 heavy (non-hydrogen) atoms. The van der Waals surface area contributed by atoms with Gasteiger partial charge in [-0.05, 0) is 11.6 Å². The molecule has 0 aromatic heterocycles. The summed E-state index contributed by atoms with van der Waals surface area (Å²) in [7, 11) is 1.30. The summed E-state index contributed by atoms with van der Waals surface area (Å²) in [5.74, 6) is -0.418. The van der Waals surface area contributed by atoms with Crippen LogP contribution in [-0.4, -0.2) is 24.1 Å². The van der Waals surface area contributed by atoms with Gasteiger partial charge < -0.3 is 9.84 Å². The first-order valence-electron chi connectivity index (χ1n) is 4.12. The van der Waals surface area contributed by atoms with Crippen molar-refractivity contribution in [1.29, 1.82) is 0 Å². The van der Waals surface area contributed by atoms with Gasteiger partial charge >= 0.3 is 5.97 Å². The van der Waals surface area contributed by atoms with E-state index < -0.39 is 12.1 Å². The third-order valence-electron chi connectivity index (χ3n) is 1.87. The minimum Gasteiger partial charge on any atom is -0.465 e. The first-order chi connectivity index (χ1) is 6.70. The maximum atomic E-state index is 11.3. The lowest BCUT2D eigenvalue weighted by molar-refractivity contribution is 0.0594. The molecule has 1 atom stereocenters. The molecule has 0 radical (unpaired) electrons. The second-order valence-electron chi connectivity index (χ2n) is 2.75. The molecular weight excluding hydrogens is 204 g/mol. The van der Waals surface area contributed by atoms with Crippen LogP contribution in [0.2, 0.25) is 0 Å². The van der Waals surface area contributed by atoms with E-state index in [2.05, 4.69) is 4.74 Å². The maximum absolute atomic E-state index is 11.3. The molecule has 1 aromatic rings. The number of methoxy groups -OCH3 is 1. The van der Waals surface area contributed by atoms with Crippen LogP contribution in [0.1, 0.15) is 22.0 Å². The van der Waals surface area contributed by atoms with Crippen LogP contribution in [-0.2, 0) is 4.74 Å². The summed E-state index contributed by atoms with van der Waals surface area (Å²) >= 11 is 5.50. The van der Waals surface area contributed by atoms with E-state index in [9.17, 15) is 9.90 Å². The van der Waals surface area contributed by atoms with Gasteiger partial charge in [0.05, 0.1) is 24.7 Å². The fraction of sp³-hybridized carbons (Fsp3) is 0.300. The number of rotatable bonds is 3. The Bertz CT molecular complexity index is 325. The number of hydrogen-bond acceptors (Lipinski definition) is 3. The molecule has 1 N–H and O–H groups in total. The predicted octanol–water partition coefficient (Wildman–Crippen LogP) is 1.75. The van der Waals surface area contributed by atoms with Gasteiger partial charge in [-0.1, -0.05) is 18.2 Å². The first kappa shape index (κ1) is 11.0. The summed E-state index contributed by atoms with van der Waals surface area (Å²) < 4.78 is 4.58. The van der Waals surface area contributed by atoms with Gasteiger partial charge in [0, 0.05) is 0 Å². The Kier molecular flexibility index (Phi) is 3.92. The smallest absolute Gasteiger partial charge is 0.338 e. The Morgan fingerprint density at radius 3 is 2.79 bits per heavy atom. The highest BCUT2D eigenvalue weighted by molar-refractivity contribution is 6.18. The zero-order valence-electron chi connectivity index (χ0n) is 7.74. The van der Waals surface area contributed by atoms with Gasteiger partial charge in [-0.15, -0.1) is 11.6 Å². The van der Waals surface area contributed by atoms with Gasteiger partial charge in [0.15, 0.2) is 0 Å². The van der Waals surface area contributed by atoms with E-state index >= 15 is 0 Å². The average Bonchev–Trinajstić information content (AvgIpc) is 2.27. The molecule has 0 saturated carbocycles. The number of esters is 1. The third-order valence-corrected chi connectivity index (χ3v) is 2.16. The van der Waals surface area contributed by atoms with E-state index in [1.165, 1.54) is 7.11 Å². The lowest BCUT2D eigenvalue weighted by Crippen LogP contribution is -2.09. The highest BCUT2D eigenvalue weighted by Crippen LogP contribution is 2.19. The molecule has 0 aliphatic rings. The molecule has 0 amide bonds. The van der Waals surface area contributed by atoms with Gasteiger partial charge in [0.25, 0.3) is 0 Å². The van der Waals surface area contributed by atoms with Crippen molar-refractivity contribution in [3.05, 3.63) is 35.4 Å². The molecule has 0 heterocycles. The molecule has 1 unspecified atom stereocenters. The minimum atomic E-state index is -0.841. The quantitative estimate of drug-likeness (QED) is 0.616. The monoisotopic (exact) mass is 214 g/mol. The molecular formula is C10H11ClO3. The Morgan fingerprint density at radius 2 is 2.21 bits per heavy atom. The standard InChI is InChI=1S/C10H11ClO3/c1-14-10(13)8-5-3-2-4-7(8)9(12)6-11/h2-5,9,12H,6H2,1H3. The van der Waals surface area contributed by atoms with Crippen LogP contribution in [0.25, 0.3) is 0 Å². The maximum Gasteiger partial charge on any atom is 0.338 e. The SMILES string of the molecule is COC(=O)c1ccccc1C(O)CCl. The molecule has 3 nitrogen and oxygen atoms in total. The van der Waals surface area contributed by atoms with Crippen LogP contribution in [0.3, 0.4) is 0 Å². The van der Waals surface area contributed by atoms with Gasteiger partial charge in [0.1, 0.15) is 0 Å². The minimum absolute atomic E-state index is 0.0496. The van der Waals surface area contributed by atoms with E-state index in [1.807, 2.05) is 0 Å². The molecule has 0 saturated heterocycles. The largest absolute Gasteiger partial charge is 0.465 e. The van der Waals surface area contributed by atoms with Gasteiger partial charge in [0.2, 0.25) is 0 Å². The number of halogens is 1. The summed E-state index contributed by atoms with van der Waals surface area (Å²) in [4.78, 5) is 11.3. The molecule has 1 rings (SSSR count). The van der Waals surface area contributed by atoms with E-state index in [0.717, 1.165) is 0 Å². The van der Waals surface area contributed by atoms with E-state index in [0.29, 0.717) is 11.1 Å². The summed E-state index contributed by atoms with van der Waals surface area (Å²) in [6, 6.07) is 6.69. The molecule has 0 spiro atoms. The molecule has 1 aromatic carbocycles. The highest BCUT2D eigenvalue weighted by Gasteiger charge is 2.16. The van der Waals surface area contributed by atoms with Gasteiger partial charge in [-0.3, -0.25) is 0 Å². The van der Waals surface area contributed by atoms with Crippen molar-refractivity contribution in [2.24, 2.45) is 0 Å². The van der Waals surface area contributed by atoms with E-state index in [-0.39, 0.29) is 5.88 Å².